The second-order valence-electron chi connectivity index (χ2n) is 8.39. The van der Waals surface area contributed by atoms with Gasteiger partial charge in [0.25, 0.3) is 0 Å². The number of carbonyl (C=O) groups is 2. The highest BCUT2D eigenvalue weighted by atomic mass is 16.2. The molecule has 2 heterocycles. The smallest absolute Gasteiger partial charge is 0.231 e. The quantitative estimate of drug-likeness (QED) is 0.788. The third kappa shape index (κ3) is 5.04. The van der Waals surface area contributed by atoms with Gasteiger partial charge in [-0.25, -0.2) is 0 Å². The van der Waals surface area contributed by atoms with Gasteiger partial charge in [0.05, 0.1) is 6.42 Å². The van der Waals surface area contributed by atoms with E-state index >= 15 is 0 Å². The Morgan fingerprint density at radius 1 is 1.00 bits per heavy atom. The molecule has 29 heavy (non-hydrogen) atoms. The molecular formula is C24H29N3O2. The fourth-order valence-electron chi connectivity index (χ4n) is 4.61. The van der Waals surface area contributed by atoms with Crippen LogP contribution in [0.4, 0.5) is 11.4 Å². The second kappa shape index (κ2) is 8.78. The molecule has 2 unspecified atom stereocenters. The number of nitrogens with one attached hydrogen (secondary N) is 2. The lowest BCUT2D eigenvalue weighted by molar-refractivity contribution is -0.118. The van der Waals surface area contributed by atoms with Crippen LogP contribution in [0.5, 0.6) is 0 Å². The summed E-state index contributed by atoms with van der Waals surface area (Å²) >= 11 is 0. The molecule has 2 aromatic rings. The number of rotatable bonds is 6. The van der Waals surface area contributed by atoms with Gasteiger partial charge in [-0.05, 0) is 61.4 Å². The maximum Gasteiger partial charge on any atom is 0.231 e. The predicted octanol–water partition coefficient (Wildman–Crippen LogP) is 3.75. The van der Waals surface area contributed by atoms with Crippen LogP contribution in [0.25, 0.3) is 0 Å². The molecule has 2 fully saturated rings. The van der Waals surface area contributed by atoms with E-state index in [1.54, 1.807) is 11.9 Å². The van der Waals surface area contributed by atoms with Crippen molar-refractivity contribution in [2.45, 2.75) is 50.6 Å². The zero-order chi connectivity index (χ0) is 20.2. The van der Waals surface area contributed by atoms with Crippen LogP contribution in [0.2, 0.25) is 0 Å². The minimum absolute atomic E-state index is 0.0357. The molecule has 4 rings (SSSR count). The maximum atomic E-state index is 12.5. The second-order valence-corrected chi connectivity index (χ2v) is 8.39. The number of nitrogens with zero attached hydrogens (tertiary/aromatic N) is 1. The highest BCUT2D eigenvalue weighted by molar-refractivity contribution is 5.94. The molecule has 152 valence electrons. The van der Waals surface area contributed by atoms with E-state index in [1.165, 1.54) is 12.8 Å². The third-order valence-corrected chi connectivity index (χ3v) is 6.16. The van der Waals surface area contributed by atoms with Gasteiger partial charge in [-0.2, -0.15) is 0 Å². The van der Waals surface area contributed by atoms with Crippen LogP contribution in [-0.2, 0) is 16.0 Å². The molecule has 0 aromatic heterocycles. The van der Waals surface area contributed by atoms with Crippen LogP contribution in [0.1, 0.15) is 37.7 Å². The highest BCUT2D eigenvalue weighted by Crippen LogP contribution is 2.32. The summed E-state index contributed by atoms with van der Waals surface area (Å²) in [5, 5.41) is 6.63. The molecule has 2 amide bonds. The van der Waals surface area contributed by atoms with Crippen LogP contribution < -0.4 is 15.5 Å². The molecule has 2 bridgehead atoms. The molecule has 2 aromatic carbocycles. The summed E-state index contributed by atoms with van der Waals surface area (Å²) in [4.78, 5) is 26.6. The Balaban J connectivity index is 1.27. The van der Waals surface area contributed by atoms with Crippen LogP contribution >= 0.6 is 0 Å². The summed E-state index contributed by atoms with van der Waals surface area (Å²) < 4.78 is 0. The number of carbonyl (C=O) groups excluding carboxylic acids is 2. The molecule has 2 aliphatic heterocycles. The number of benzene rings is 2. The average Bonchev–Trinajstić information content (AvgIpc) is 3.07. The van der Waals surface area contributed by atoms with E-state index in [0.29, 0.717) is 30.8 Å². The topological polar surface area (TPSA) is 61.4 Å². The van der Waals surface area contributed by atoms with Crippen molar-refractivity contribution in [1.82, 2.24) is 5.32 Å². The summed E-state index contributed by atoms with van der Waals surface area (Å²) in [5.41, 5.74) is 2.61. The Kier molecular flexibility index (Phi) is 5.95. The van der Waals surface area contributed by atoms with Crippen molar-refractivity contribution in [1.29, 1.82) is 0 Å². The first kappa shape index (κ1) is 19.6. The van der Waals surface area contributed by atoms with Gasteiger partial charge in [-0.3, -0.25) is 9.59 Å². The number of piperidine rings is 1. The first-order valence-corrected chi connectivity index (χ1v) is 10.5. The lowest BCUT2D eigenvalue weighted by Crippen LogP contribution is -2.39. The molecule has 0 saturated carbocycles. The summed E-state index contributed by atoms with van der Waals surface area (Å²) in [6.45, 7) is 0. The molecule has 2 atom stereocenters. The molecule has 5 nitrogen and oxygen atoms in total. The first-order chi connectivity index (χ1) is 14.1. The molecular weight excluding hydrogens is 362 g/mol. The lowest BCUT2D eigenvalue weighted by atomic mass is 9.89. The minimum Gasteiger partial charge on any atom is -0.326 e. The Morgan fingerprint density at radius 2 is 1.66 bits per heavy atom. The van der Waals surface area contributed by atoms with Gasteiger partial charge in [0.15, 0.2) is 0 Å². The fourth-order valence-corrected chi connectivity index (χ4v) is 4.61. The number of hydrogen-bond acceptors (Lipinski definition) is 3. The molecule has 0 spiro atoms. The van der Waals surface area contributed by atoms with E-state index in [4.69, 9.17) is 0 Å². The molecule has 0 aliphatic carbocycles. The minimum atomic E-state index is 0.0357. The van der Waals surface area contributed by atoms with Crippen molar-refractivity contribution in [3.8, 4) is 0 Å². The first-order valence-electron chi connectivity index (χ1n) is 10.5. The van der Waals surface area contributed by atoms with E-state index in [2.05, 4.69) is 10.6 Å². The normalized spacial score (nSPS) is 22.9. The fraction of sp³-hybridized carbons (Fsp3) is 0.417. The third-order valence-electron chi connectivity index (χ3n) is 6.16. The summed E-state index contributed by atoms with van der Waals surface area (Å²) in [6, 6.07) is 18.4. The van der Waals surface area contributed by atoms with Crippen LogP contribution in [-0.4, -0.2) is 30.9 Å². The van der Waals surface area contributed by atoms with Crippen LogP contribution in [0, 0.1) is 5.92 Å². The van der Waals surface area contributed by atoms with Crippen LogP contribution in [0.15, 0.2) is 54.6 Å². The van der Waals surface area contributed by atoms with Crippen LogP contribution in [0.3, 0.4) is 0 Å². The summed E-state index contributed by atoms with van der Waals surface area (Å²) in [7, 11) is 1.79. The molecule has 0 radical (unpaired) electrons. The number of fused-ring (bicyclic) bond motifs is 2. The molecule has 5 heteroatoms. The monoisotopic (exact) mass is 391 g/mol. The Labute approximate surface area is 172 Å². The average molecular weight is 392 g/mol. The Hall–Kier alpha value is -2.66. The number of likely N-dealkylation sites (N-methyl/N-ethyl adjacent to an activating group) is 1. The van der Waals surface area contributed by atoms with Gasteiger partial charge in [0, 0.05) is 36.9 Å². The van der Waals surface area contributed by atoms with Crippen molar-refractivity contribution < 1.29 is 9.59 Å². The SMILES string of the molecule is CN(C(=O)Cc1ccc(NC(=O)CC2CC3CCC(C2)N3)cc1)c1ccccc1. The van der Waals surface area contributed by atoms with Gasteiger partial charge >= 0.3 is 0 Å². The van der Waals surface area contributed by atoms with E-state index in [-0.39, 0.29) is 11.8 Å². The number of para-hydroxylation sites is 1. The highest BCUT2D eigenvalue weighted by Gasteiger charge is 2.34. The summed E-state index contributed by atoms with van der Waals surface area (Å²) in [5.74, 6) is 0.608. The van der Waals surface area contributed by atoms with E-state index in [1.807, 2.05) is 54.6 Å². The van der Waals surface area contributed by atoms with Gasteiger partial charge in [-0.15, -0.1) is 0 Å². The van der Waals surface area contributed by atoms with Crippen molar-refractivity contribution in [3.05, 3.63) is 60.2 Å². The number of anilines is 2. The van der Waals surface area contributed by atoms with E-state index in [9.17, 15) is 9.59 Å². The van der Waals surface area contributed by atoms with Crippen molar-refractivity contribution in [2.75, 3.05) is 17.3 Å². The molecule has 2 saturated heterocycles. The standard InChI is InChI=1S/C24H29N3O2/c1-27(22-5-3-2-4-6-22)24(29)16-17-7-9-19(10-8-17)26-23(28)15-18-13-20-11-12-21(14-18)25-20/h2-10,18,20-21,25H,11-16H2,1H3,(H,26,28). The number of hydrogen-bond donors (Lipinski definition) is 2. The molecule has 2 N–H and O–H groups in total. The zero-order valence-electron chi connectivity index (χ0n) is 16.9. The van der Waals surface area contributed by atoms with Crippen molar-refractivity contribution in [2.24, 2.45) is 5.92 Å². The van der Waals surface area contributed by atoms with Crippen molar-refractivity contribution in [3.63, 3.8) is 0 Å². The van der Waals surface area contributed by atoms with Crippen molar-refractivity contribution >= 4 is 23.2 Å². The van der Waals surface area contributed by atoms with Gasteiger partial charge in [0.1, 0.15) is 0 Å². The van der Waals surface area contributed by atoms with E-state index in [0.717, 1.165) is 29.8 Å². The largest absolute Gasteiger partial charge is 0.326 e. The van der Waals surface area contributed by atoms with Gasteiger partial charge in [0.2, 0.25) is 11.8 Å². The van der Waals surface area contributed by atoms with Gasteiger partial charge in [-0.1, -0.05) is 30.3 Å². The Bertz CT molecular complexity index is 838. The Morgan fingerprint density at radius 3 is 2.31 bits per heavy atom. The van der Waals surface area contributed by atoms with E-state index < -0.39 is 0 Å². The maximum absolute atomic E-state index is 12.5. The number of amides is 2. The molecule has 2 aliphatic rings. The predicted molar refractivity (Wildman–Crippen MR) is 116 cm³/mol. The van der Waals surface area contributed by atoms with Gasteiger partial charge < -0.3 is 15.5 Å². The lowest BCUT2D eigenvalue weighted by Gasteiger charge is -2.28. The zero-order valence-corrected chi connectivity index (χ0v) is 16.9. The summed E-state index contributed by atoms with van der Waals surface area (Å²) in [6.07, 6.45) is 5.65.